The Morgan fingerprint density at radius 1 is 1.53 bits per heavy atom. The Kier molecular flexibility index (Phi) is 3.62. The number of rotatable bonds is 2. The molecule has 0 radical (unpaired) electrons. The molecule has 1 aromatic heterocycles. The van der Waals surface area contributed by atoms with E-state index in [1.165, 1.54) is 6.42 Å². The first kappa shape index (κ1) is 12.3. The largest absolute Gasteiger partial charge is 0.310 e. The van der Waals surface area contributed by atoms with Crippen molar-refractivity contribution in [3.05, 3.63) is 27.9 Å². The molecule has 4 heteroatoms. The molecule has 4 nitrogen and oxygen atoms in total. The van der Waals surface area contributed by atoms with Crippen LogP contribution in [0.25, 0.3) is 0 Å². The smallest absolute Gasteiger partial charge is 0.251 e. The number of H-pyrrole nitrogens is 1. The maximum absolute atomic E-state index is 11.5. The van der Waals surface area contributed by atoms with Crippen molar-refractivity contribution in [1.29, 1.82) is 0 Å². The van der Waals surface area contributed by atoms with Crippen molar-refractivity contribution < 1.29 is 0 Å². The summed E-state index contributed by atoms with van der Waals surface area (Å²) in [7, 11) is 0. The maximum Gasteiger partial charge on any atom is 0.251 e. The SMILES string of the molecule is Cc1cc(=O)[nH]c([C@H]2CCCN(C(C)C)C2)n1. The summed E-state index contributed by atoms with van der Waals surface area (Å²) < 4.78 is 0. The van der Waals surface area contributed by atoms with Crippen molar-refractivity contribution in [2.24, 2.45) is 0 Å². The molecule has 94 valence electrons. The molecule has 2 heterocycles. The quantitative estimate of drug-likeness (QED) is 0.848. The van der Waals surface area contributed by atoms with Crippen molar-refractivity contribution in [2.45, 2.75) is 45.6 Å². The highest BCUT2D eigenvalue weighted by Crippen LogP contribution is 2.24. The molecule has 1 aliphatic rings. The standard InChI is InChI=1S/C13H21N3O/c1-9(2)16-6-4-5-11(8-16)13-14-10(3)7-12(17)15-13/h7,9,11H,4-6,8H2,1-3H3,(H,14,15,17)/t11-/m0/s1. The molecule has 1 saturated heterocycles. The van der Waals surface area contributed by atoms with E-state index >= 15 is 0 Å². The van der Waals surface area contributed by atoms with E-state index in [0.29, 0.717) is 12.0 Å². The van der Waals surface area contributed by atoms with Gasteiger partial charge in [-0.15, -0.1) is 0 Å². The Balaban J connectivity index is 2.18. The van der Waals surface area contributed by atoms with Crippen molar-refractivity contribution in [2.75, 3.05) is 13.1 Å². The first-order valence-electron chi connectivity index (χ1n) is 6.38. The lowest BCUT2D eigenvalue weighted by molar-refractivity contribution is 0.164. The number of likely N-dealkylation sites (tertiary alicyclic amines) is 1. The van der Waals surface area contributed by atoms with Crippen LogP contribution in [0.2, 0.25) is 0 Å². The van der Waals surface area contributed by atoms with E-state index in [9.17, 15) is 4.79 Å². The Morgan fingerprint density at radius 3 is 2.94 bits per heavy atom. The number of nitrogens with one attached hydrogen (secondary N) is 1. The number of hydrogen-bond donors (Lipinski definition) is 1. The van der Waals surface area contributed by atoms with E-state index in [1.807, 2.05) is 6.92 Å². The highest BCUT2D eigenvalue weighted by Gasteiger charge is 2.24. The van der Waals surface area contributed by atoms with E-state index in [2.05, 4.69) is 28.7 Å². The van der Waals surface area contributed by atoms with Gasteiger partial charge in [0.1, 0.15) is 5.82 Å². The zero-order chi connectivity index (χ0) is 12.4. The zero-order valence-corrected chi connectivity index (χ0v) is 10.9. The van der Waals surface area contributed by atoms with Crippen LogP contribution >= 0.6 is 0 Å². The summed E-state index contributed by atoms with van der Waals surface area (Å²) in [6, 6.07) is 2.11. The van der Waals surface area contributed by atoms with Gasteiger partial charge in [-0.2, -0.15) is 0 Å². The molecule has 2 rings (SSSR count). The van der Waals surface area contributed by atoms with Gasteiger partial charge in [-0.05, 0) is 40.2 Å². The topological polar surface area (TPSA) is 49.0 Å². The van der Waals surface area contributed by atoms with Crippen LogP contribution in [0.1, 0.15) is 44.1 Å². The molecular weight excluding hydrogens is 214 g/mol. The molecule has 0 saturated carbocycles. The Bertz CT molecular complexity index is 439. The molecule has 17 heavy (non-hydrogen) atoms. The second-order valence-electron chi connectivity index (χ2n) is 5.20. The van der Waals surface area contributed by atoms with Crippen LogP contribution in [-0.2, 0) is 0 Å². The predicted octanol–water partition coefficient (Wildman–Crippen LogP) is 1.67. The first-order chi connectivity index (χ1) is 8.06. The van der Waals surface area contributed by atoms with E-state index in [4.69, 9.17) is 0 Å². The summed E-state index contributed by atoms with van der Waals surface area (Å²) in [5.41, 5.74) is 0.777. The number of nitrogens with zero attached hydrogens (tertiary/aromatic N) is 2. The van der Waals surface area contributed by atoms with E-state index < -0.39 is 0 Å². The maximum atomic E-state index is 11.5. The molecule has 0 aromatic carbocycles. The summed E-state index contributed by atoms with van der Waals surface area (Å²) in [4.78, 5) is 21.3. The molecule has 1 atom stereocenters. The molecule has 0 spiro atoms. The van der Waals surface area contributed by atoms with Gasteiger partial charge in [-0.3, -0.25) is 4.79 Å². The van der Waals surface area contributed by atoms with Crippen LogP contribution in [0.15, 0.2) is 10.9 Å². The van der Waals surface area contributed by atoms with Crippen molar-refractivity contribution in [1.82, 2.24) is 14.9 Å². The lowest BCUT2D eigenvalue weighted by Gasteiger charge is -2.34. The minimum Gasteiger partial charge on any atom is -0.310 e. The minimum atomic E-state index is -0.0332. The minimum absolute atomic E-state index is 0.0332. The Hall–Kier alpha value is -1.16. The fourth-order valence-electron chi connectivity index (χ4n) is 2.49. The average Bonchev–Trinajstić information content (AvgIpc) is 2.28. The fraction of sp³-hybridized carbons (Fsp3) is 0.692. The van der Waals surface area contributed by atoms with Gasteiger partial charge >= 0.3 is 0 Å². The van der Waals surface area contributed by atoms with Crippen molar-refractivity contribution in [3.8, 4) is 0 Å². The van der Waals surface area contributed by atoms with E-state index in [1.54, 1.807) is 6.07 Å². The summed E-state index contributed by atoms with van der Waals surface area (Å²) in [6.45, 7) is 8.47. The number of hydrogen-bond acceptors (Lipinski definition) is 3. The van der Waals surface area contributed by atoms with Gasteiger partial charge in [0.25, 0.3) is 5.56 Å². The Morgan fingerprint density at radius 2 is 2.29 bits per heavy atom. The zero-order valence-electron chi connectivity index (χ0n) is 10.9. The number of aromatic nitrogens is 2. The molecule has 1 N–H and O–H groups in total. The van der Waals surface area contributed by atoms with E-state index in [0.717, 1.165) is 31.0 Å². The average molecular weight is 235 g/mol. The predicted molar refractivity (Wildman–Crippen MR) is 68.3 cm³/mol. The number of aromatic amines is 1. The van der Waals surface area contributed by atoms with Crippen LogP contribution in [0.3, 0.4) is 0 Å². The third-order valence-electron chi connectivity index (χ3n) is 3.46. The van der Waals surface area contributed by atoms with Gasteiger partial charge < -0.3 is 9.88 Å². The third-order valence-corrected chi connectivity index (χ3v) is 3.46. The Labute approximate surface area is 102 Å². The van der Waals surface area contributed by atoms with Crippen LogP contribution in [0.4, 0.5) is 0 Å². The molecule has 0 amide bonds. The highest BCUT2D eigenvalue weighted by molar-refractivity contribution is 5.06. The molecule has 1 fully saturated rings. The van der Waals surface area contributed by atoms with Gasteiger partial charge in [0.05, 0.1) is 0 Å². The highest BCUT2D eigenvalue weighted by atomic mass is 16.1. The van der Waals surface area contributed by atoms with Crippen LogP contribution in [0.5, 0.6) is 0 Å². The summed E-state index contributed by atoms with van der Waals surface area (Å²) in [5.74, 6) is 1.24. The van der Waals surface area contributed by atoms with Crippen molar-refractivity contribution in [3.63, 3.8) is 0 Å². The van der Waals surface area contributed by atoms with E-state index in [-0.39, 0.29) is 5.56 Å². The number of aryl methyl sites for hydroxylation is 1. The van der Waals surface area contributed by atoms with Gasteiger partial charge in [-0.25, -0.2) is 4.98 Å². The molecule has 0 bridgehead atoms. The molecular formula is C13H21N3O. The lowest BCUT2D eigenvalue weighted by Crippen LogP contribution is -2.39. The second-order valence-corrected chi connectivity index (χ2v) is 5.20. The van der Waals surface area contributed by atoms with Crippen LogP contribution in [-0.4, -0.2) is 34.0 Å². The van der Waals surface area contributed by atoms with Gasteiger partial charge in [0.2, 0.25) is 0 Å². The summed E-state index contributed by atoms with van der Waals surface area (Å²) in [5, 5.41) is 0. The third kappa shape index (κ3) is 2.94. The molecule has 1 aromatic rings. The molecule has 0 aliphatic carbocycles. The fourth-order valence-corrected chi connectivity index (χ4v) is 2.49. The summed E-state index contributed by atoms with van der Waals surface area (Å²) in [6.07, 6.45) is 2.30. The lowest BCUT2D eigenvalue weighted by atomic mass is 9.96. The molecule has 1 aliphatic heterocycles. The second kappa shape index (κ2) is 5.00. The summed E-state index contributed by atoms with van der Waals surface area (Å²) >= 11 is 0. The van der Waals surface area contributed by atoms with Crippen molar-refractivity contribution >= 4 is 0 Å². The first-order valence-corrected chi connectivity index (χ1v) is 6.38. The van der Waals surface area contributed by atoms with Gasteiger partial charge in [-0.1, -0.05) is 0 Å². The van der Waals surface area contributed by atoms with Crippen LogP contribution in [0, 0.1) is 6.92 Å². The molecule has 0 unspecified atom stereocenters. The van der Waals surface area contributed by atoms with Gasteiger partial charge in [0.15, 0.2) is 0 Å². The van der Waals surface area contributed by atoms with Gasteiger partial charge in [0, 0.05) is 30.3 Å². The monoisotopic (exact) mass is 235 g/mol. The number of piperidine rings is 1. The van der Waals surface area contributed by atoms with Crippen LogP contribution < -0.4 is 5.56 Å². The normalized spacial score (nSPS) is 22.0.